The molecule has 0 unspecified atom stereocenters. The zero-order valence-corrected chi connectivity index (χ0v) is 7.20. The summed E-state index contributed by atoms with van der Waals surface area (Å²) >= 11 is 0. The number of aromatic nitrogens is 2. The number of halogens is 2. The van der Waals surface area contributed by atoms with Crippen LogP contribution in [0.2, 0.25) is 0 Å². The summed E-state index contributed by atoms with van der Waals surface area (Å²) in [5, 5.41) is 4.08. The van der Waals surface area contributed by atoms with Crippen LogP contribution in [0.4, 0.5) is 8.78 Å². The van der Waals surface area contributed by atoms with Crippen LogP contribution in [0.15, 0.2) is 6.20 Å². The molecule has 3 nitrogen and oxygen atoms in total. The highest BCUT2D eigenvalue weighted by atomic mass is 19.3. The third-order valence-electron chi connectivity index (χ3n) is 2.00. The monoisotopic (exact) mass is 188 g/mol. The van der Waals surface area contributed by atoms with Crippen LogP contribution in [0.1, 0.15) is 24.5 Å². The van der Waals surface area contributed by atoms with Crippen molar-refractivity contribution in [1.29, 1.82) is 0 Å². The van der Waals surface area contributed by atoms with Gasteiger partial charge in [-0.05, 0) is 12.8 Å². The number of hydrogen-bond donors (Lipinski definition) is 0. The fourth-order valence-electron chi connectivity index (χ4n) is 1.31. The van der Waals surface area contributed by atoms with Crippen LogP contribution < -0.4 is 4.74 Å². The Hall–Kier alpha value is -1.13. The predicted molar refractivity (Wildman–Crippen MR) is 41.8 cm³/mol. The molecule has 0 N–H and O–H groups in total. The number of ether oxygens (including phenoxy) is 1. The van der Waals surface area contributed by atoms with Gasteiger partial charge in [0.1, 0.15) is 5.69 Å². The minimum atomic E-state index is -2.76. The first-order valence-electron chi connectivity index (χ1n) is 4.15. The van der Waals surface area contributed by atoms with Crippen LogP contribution in [-0.2, 0) is 7.05 Å². The van der Waals surface area contributed by atoms with Gasteiger partial charge >= 0.3 is 6.61 Å². The molecule has 0 radical (unpaired) electrons. The van der Waals surface area contributed by atoms with Gasteiger partial charge in [-0.1, -0.05) is 0 Å². The summed E-state index contributed by atoms with van der Waals surface area (Å²) in [6.07, 6.45) is 3.53. The number of rotatable bonds is 3. The van der Waals surface area contributed by atoms with Crippen molar-refractivity contribution in [3.63, 3.8) is 0 Å². The van der Waals surface area contributed by atoms with Crippen molar-refractivity contribution in [3.8, 4) is 5.75 Å². The average Bonchev–Trinajstić information content (AvgIpc) is 2.77. The second-order valence-corrected chi connectivity index (χ2v) is 3.21. The van der Waals surface area contributed by atoms with Crippen molar-refractivity contribution < 1.29 is 13.5 Å². The molecule has 1 saturated carbocycles. The molecule has 1 aromatic rings. The van der Waals surface area contributed by atoms with Gasteiger partial charge in [0.15, 0.2) is 5.75 Å². The van der Waals surface area contributed by atoms with E-state index in [1.165, 1.54) is 10.9 Å². The van der Waals surface area contributed by atoms with Crippen molar-refractivity contribution in [2.75, 3.05) is 0 Å². The van der Waals surface area contributed by atoms with Crippen molar-refractivity contribution in [1.82, 2.24) is 9.78 Å². The standard InChI is InChI=1S/C8H10F2N2O/c1-12-4-6(13-8(9)10)7(11-12)5-2-3-5/h4-5,8H,2-3H2,1H3. The van der Waals surface area contributed by atoms with E-state index in [0.29, 0.717) is 11.6 Å². The summed E-state index contributed by atoms with van der Waals surface area (Å²) in [5.74, 6) is 0.551. The van der Waals surface area contributed by atoms with Crippen LogP contribution in [0.5, 0.6) is 5.75 Å². The molecule has 72 valence electrons. The Morgan fingerprint density at radius 1 is 1.62 bits per heavy atom. The molecule has 0 bridgehead atoms. The van der Waals surface area contributed by atoms with Gasteiger partial charge in [-0.3, -0.25) is 4.68 Å². The Morgan fingerprint density at radius 2 is 2.31 bits per heavy atom. The lowest BCUT2D eigenvalue weighted by Crippen LogP contribution is -2.02. The van der Waals surface area contributed by atoms with Crippen LogP contribution in [0.25, 0.3) is 0 Å². The smallest absolute Gasteiger partial charge is 0.387 e. The van der Waals surface area contributed by atoms with Crippen molar-refractivity contribution in [3.05, 3.63) is 11.9 Å². The molecular weight excluding hydrogens is 178 g/mol. The summed E-state index contributed by atoms with van der Waals surface area (Å²) < 4.78 is 29.7. The highest BCUT2D eigenvalue weighted by molar-refractivity contribution is 5.30. The first-order valence-corrected chi connectivity index (χ1v) is 4.15. The lowest BCUT2D eigenvalue weighted by Gasteiger charge is -2.01. The van der Waals surface area contributed by atoms with E-state index in [-0.39, 0.29) is 5.75 Å². The van der Waals surface area contributed by atoms with Crippen LogP contribution in [0, 0.1) is 0 Å². The molecule has 0 atom stereocenters. The molecule has 0 spiro atoms. The van der Waals surface area contributed by atoms with Crippen molar-refractivity contribution in [2.24, 2.45) is 7.05 Å². The van der Waals surface area contributed by atoms with E-state index in [1.54, 1.807) is 7.05 Å². The van der Waals surface area contributed by atoms with Crippen LogP contribution >= 0.6 is 0 Å². The zero-order valence-electron chi connectivity index (χ0n) is 7.20. The quantitative estimate of drug-likeness (QED) is 0.724. The summed E-state index contributed by atoms with van der Waals surface area (Å²) in [5.41, 5.74) is 0.669. The minimum Gasteiger partial charge on any atom is -0.431 e. The SMILES string of the molecule is Cn1cc(OC(F)F)c(C2CC2)n1. The Labute approximate surface area is 74.3 Å². The van der Waals surface area contributed by atoms with E-state index in [9.17, 15) is 8.78 Å². The van der Waals surface area contributed by atoms with Crippen molar-refractivity contribution in [2.45, 2.75) is 25.4 Å². The first kappa shape index (κ1) is 8.47. The molecule has 1 aliphatic rings. The molecule has 13 heavy (non-hydrogen) atoms. The second-order valence-electron chi connectivity index (χ2n) is 3.21. The normalized spacial score (nSPS) is 16.6. The fraction of sp³-hybridized carbons (Fsp3) is 0.625. The Kier molecular flexibility index (Phi) is 1.94. The van der Waals surface area contributed by atoms with E-state index in [4.69, 9.17) is 0 Å². The van der Waals surface area contributed by atoms with Gasteiger partial charge in [-0.15, -0.1) is 0 Å². The fourth-order valence-corrected chi connectivity index (χ4v) is 1.31. The van der Waals surface area contributed by atoms with Gasteiger partial charge in [0.05, 0.1) is 6.20 Å². The van der Waals surface area contributed by atoms with Crippen molar-refractivity contribution >= 4 is 0 Å². The second kappa shape index (κ2) is 2.97. The molecular formula is C8H10F2N2O. The third kappa shape index (κ3) is 1.79. The largest absolute Gasteiger partial charge is 0.431 e. The van der Waals surface area contributed by atoms with Gasteiger partial charge in [-0.2, -0.15) is 13.9 Å². The van der Waals surface area contributed by atoms with Crippen LogP contribution in [0.3, 0.4) is 0 Å². The number of nitrogens with zero attached hydrogens (tertiary/aromatic N) is 2. The average molecular weight is 188 g/mol. The minimum absolute atomic E-state index is 0.222. The molecule has 0 aliphatic heterocycles. The predicted octanol–water partition coefficient (Wildman–Crippen LogP) is 1.90. The van der Waals surface area contributed by atoms with Crippen LogP contribution in [-0.4, -0.2) is 16.4 Å². The molecule has 0 amide bonds. The highest BCUT2D eigenvalue weighted by Gasteiger charge is 2.30. The lowest BCUT2D eigenvalue weighted by molar-refractivity contribution is -0.0504. The molecule has 0 saturated heterocycles. The molecule has 5 heteroatoms. The molecule has 0 aromatic carbocycles. The lowest BCUT2D eigenvalue weighted by atomic mass is 10.3. The summed E-state index contributed by atoms with van der Waals surface area (Å²) in [4.78, 5) is 0. The molecule has 2 rings (SSSR count). The zero-order chi connectivity index (χ0) is 9.42. The summed E-state index contributed by atoms with van der Waals surface area (Å²) in [6, 6.07) is 0. The number of alkyl halides is 2. The first-order chi connectivity index (χ1) is 6.16. The maximum Gasteiger partial charge on any atom is 0.387 e. The van der Waals surface area contributed by atoms with E-state index in [2.05, 4.69) is 9.84 Å². The molecule has 1 fully saturated rings. The van der Waals surface area contributed by atoms with Gasteiger partial charge in [0.25, 0.3) is 0 Å². The summed E-state index contributed by atoms with van der Waals surface area (Å²) in [6.45, 7) is -2.76. The highest BCUT2D eigenvalue weighted by Crippen LogP contribution is 2.43. The van der Waals surface area contributed by atoms with E-state index in [0.717, 1.165) is 12.8 Å². The molecule has 1 heterocycles. The molecule has 1 aromatic heterocycles. The third-order valence-corrected chi connectivity index (χ3v) is 2.00. The maximum atomic E-state index is 11.9. The Balaban J connectivity index is 2.21. The van der Waals surface area contributed by atoms with E-state index >= 15 is 0 Å². The maximum absolute atomic E-state index is 11.9. The topological polar surface area (TPSA) is 27.1 Å². The van der Waals surface area contributed by atoms with E-state index < -0.39 is 6.61 Å². The van der Waals surface area contributed by atoms with Gasteiger partial charge < -0.3 is 4.74 Å². The van der Waals surface area contributed by atoms with Gasteiger partial charge in [-0.25, -0.2) is 0 Å². The number of aryl methyl sites for hydroxylation is 1. The molecule has 1 aliphatic carbocycles. The Morgan fingerprint density at radius 3 is 2.85 bits per heavy atom. The van der Waals surface area contributed by atoms with Gasteiger partial charge in [0, 0.05) is 13.0 Å². The van der Waals surface area contributed by atoms with Gasteiger partial charge in [0.2, 0.25) is 0 Å². The summed E-state index contributed by atoms with van der Waals surface area (Å²) in [7, 11) is 1.70. The van der Waals surface area contributed by atoms with E-state index in [1.807, 2.05) is 0 Å². The Bertz CT molecular complexity index is 307. The number of hydrogen-bond acceptors (Lipinski definition) is 2.